The molecule has 1 aliphatic rings. The lowest BCUT2D eigenvalue weighted by molar-refractivity contribution is -0.143. The molecule has 1 aromatic rings. The summed E-state index contributed by atoms with van der Waals surface area (Å²) in [7, 11) is 0. The van der Waals surface area contributed by atoms with Gasteiger partial charge in [0, 0.05) is 12.6 Å². The van der Waals surface area contributed by atoms with Crippen LogP contribution in [0.2, 0.25) is 0 Å². The molecule has 0 aliphatic heterocycles. The number of esters is 1. The van der Waals surface area contributed by atoms with Crippen LogP contribution in [0, 0.1) is 5.92 Å². The molecule has 1 heterocycles. The van der Waals surface area contributed by atoms with Crippen molar-refractivity contribution in [3.05, 3.63) is 11.9 Å². The van der Waals surface area contributed by atoms with Crippen LogP contribution in [0.4, 0.5) is 0 Å². The van der Waals surface area contributed by atoms with E-state index in [4.69, 9.17) is 4.74 Å². The second-order valence-corrected chi connectivity index (χ2v) is 7.13. The zero-order valence-corrected chi connectivity index (χ0v) is 16.1. The minimum atomic E-state index is -0.289. The number of nitrogens with one attached hydrogen (secondary N) is 1. The van der Waals surface area contributed by atoms with Gasteiger partial charge in [-0.15, -0.1) is 5.10 Å². The molecule has 1 fully saturated rings. The Kier molecular flexibility index (Phi) is 8.58. The van der Waals surface area contributed by atoms with Crippen molar-refractivity contribution in [2.75, 3.05) is 6.61 Å². The zero-order chi connectivity index (χ0) is 18.8. The van der Waals surface area contributed by atoms with Gasteiger partial charge in [0.2, 0.25) is 0 Å². The molecule has 1 N–H and O–H groups in total. The Bertz CT molecular complexity index is 567. The van der Waals surface area contributed by atoms with Crippen LogP contribution in [-0.2, 0) is 16.1 Å². The minimum absolute atomic E-state index is 0.184. The van der Waals surface area contributed by atoms with E-state index in [-0.39, 0.29) is 24.3 Å². The molecule has 2 rings (SSSR count). The summed E-state index contributed by atoms with van der Waals surface area (Å²) in [5.41, 5.74) is 0.304. The summed E-state index contributed by atoms with van der Waals surface area (Å²) in [5, 5.41) is 11.0. The van der Waals surface area contributed by atoms with Crippen molar-refractivity contribution in [1.82, 2.24) is 20.3 Å². The first kappa shape index (κ1) is 20.4. The molecular weight excluding hydrogens is 332 g/mol. The number of aromatic nitrogens is 3. The van der Waals surface area contributed by atoms with Crippen LogP contribution in [0.15, 0.2) is 6.20 Å². The van der Waals surface area contributed by atoms with Crippen molar-refractivity contribution >= 4 is 11.9 Å². The molecule has 7 nitrogen and oxygen atoms in total. The number of ether oxygens (including phenoxy) is 1. The highest BCUT2D eigenvalue weighted by Crippen LogP contribution is 2.26. The molecule has 1 saturated carbocycles. The van der Waals surface area contributed by atoms with Gasteiger partial charge < -0.3 is 10.1 Å². The molecular formula is C19H32N4O3. The fourth-order valence-electron chi connectivity index (χ4n) is 3.56. The third-order valence-electron chi connectivity index (χ3n) is 4.95. The molecule has 0 saturated heterocycles. The van der Waals surface area contributed by atoms with Gasteiger partial charge in [-0.25, -0.2) is 0 Å². The van der Waals surface area contributed by atoms with E-state index < -0.39 is 0 Å². The van der Waals surface area contributed by atoms with Crippen molar-refractivity contribution in [2.24, 2.45) is 5.92 Å². The van der Waals surface area contributed by atoms with E-state index in [9.17, 15) is 9.59 Å². The highest BCUT2D eigenvalue weighted by Gasteiger charge is 2.20. The number of hydrogen-bond acceptors (Lipinski definition) is 5. The van der Waals surface area contributed by atoms with Gasteiger partial charge in [0.05, 0.1) is 19.2 Å². The van der Waals surface area contributed by atoms with E-state index in [0.717, 1.165) is 31.7 Å². The van der Waals surface area contributed by atoms with Crippen LogP contribution in [0.25, 0.3) is 0 Å². The Hall–Kier alpha value is -1.92. The smallest absolute Gasteiger partial charge is 0.307 e. The maximum Gasteiger partial charge on any atom is 0.307 e. The Labute approximate surface area is 155 Å². The monoisotopic (exact) mass is 364 g/mol. The van der Waals surface area contributed by atoms with E-state index >= 15 is 0 Å². The van der Waals surface area contributed by atoms with E-state index in [1.54, 1.807) is 17.8 Å². The second kappa shape index (κ2) is 10.9. The number of hydrogen-bond donors (Lipinski definition) is 1. The molecule has 1 aromatic heterocycles. The molecule has 0 aromatic carbocycles. The van der Waals surface area contributed by atoms with Gasteiger partial charge in [-0.3, -0.25) is 14.3 Å². The molecule has 1 aliphatic carbocycles. The summed E-state index contributed by atoms with van der Waals surface area (Å²) in [6, 6.07) is -0.237. The largest absolute Gasteiger partial charge is 0.466 e. The summed E-state index contributed by atoms with van der Waals surface area (Å²) < 4.78 is 6.73. The number of carbonyl (C=O) groups excluding carboxylic acids is 2. The SMILES string of the molecule is CCC[C@H](CC(=O)OCC)NC(=O)c1cn(CCC2CCCCC2)nn1. The summed E-state index contributed by atoms with van der Waals surface area (Å²) in [5.74, 6) is 0.197. The third kappa shape index (κ3) is 6.77. The fourth-order valence-corrected chi connectivity index (χ4v) is 3.56. The zero-order valence-electron chi connectivity index (χ0n) is 16.1. The van der Waals surface area contributed by atoms with Crippen molar-refractivity contribution in [1.29, 1.82) is 0 Å². The van der Waals surface area contributed by atoms with Gasteiger partial charge in [-0.1, -0.05) is 50.7 Å². The Morgan fingerprint density at radius 1 is 1.31 bits per heavy atom. The fraction of sp³-hybridized carbons (Fsp3) is 0.789. The maximum absolute atomic E-state index is 12.4. The number of carbonyl (C=O) groups is 2. The number of rotatable bonds is 10. The van der Waals surface area contributed by atoms with Crippen molar-refractivity contribution < 1.29 is 14.3 Å². The molecule has 0 radical (unpaired) electrons. The second-order valence-electron chi connectivity index (χ2n) is 7.13. The highest BCUT2D eigenvalue weighted by molar-refractivity contribution is 5.92. The molecule has 0 spiro atoms. The normalized spacial score (nSPS) is 16.2. The lowest BCUT2D eigenvalue weighted by Crippen LogP contribution is -2.37. The minimum Gasteiger partial charge on any atom is -0.466 e. The first-order chi connectivity index (χ1) is 12.6. The molecule has 0 bridgehead atoms. The van der Waals surface area contributed by atoms with E-state index in [0.29, 0.717) is 12.3 Å². The molecule has 146 valence electrons. The van der Waals surface area contributed by atoms with Crippen LogP contribution in [0.1, 0.15) is 82.1 Å². The Morgan fingerprint density at radius 3 is 2.77 bits per heavy atom. The standard InChI is InChI=1S/C19H32N4O3/c1-3-8-16(13-18(24)26-4-2)20-19(25)17-14-23(22-21-17)12-11-15-9-6-5-7-10-15/h14-16H,3-13H2,1-2H3,(H,20,25)/t16-/m1/s1. The average Bonchev–Trinajstić information content (AvgIpc) is 3.10. The van der Waals surface area contributed by atoms with Crippen LogP contribution < -0.4 is 5.32 Å². The third-order valence-corrected chi connectivity index (χ3v) is 4.95. The predicted octanol–water partition coefficient (Wildman–Crippen LogP) is 3.10. The molecule has 1 amide bonds. The van der Waals surface area contributed by atoms with Gasteiger partial charge in [-0.05, 0) is 25.7 Å². The number of nitrogens with zero attached hydrogens (tertiary/aromatic N) is 3. The Morgan fingerprint density at radius 2 is 2.08 bits per heavy atom. The number of aryl methyl sites for hydroxylation is 1. The molecule has 7 heteroatoms. The van der Waals surface area contributed by atoms with E-state index in [1.165, 1.54) is 32.1 Å². The van der Waals surface area contributed by atoms with Gasteiger partial charge in [0.15, 0.2) is 5.69 Å². The van der Waals surface area contributed by atoms with Crippen molar-refractivity contribution in [2.45, 2.75) is 84.2 Å². The summed E-state index contributed by atoms with van der Waals surface area (Å²) in [6.07, 6.45) is 11.2. The van der Waals surface area contributed by atoms with Crippen LogP contribution in [0.5, 0.6) is 0 Å². The maximum atomic E-state index is 12.4. The average molecular weight is 364 g/mol. The molecule has 26 heavy (non-hydrogen) atoms. The van der Waals surface area contributed by atoms with Crippen molar-refractivity contribution in [3.8, 4) is 0 Å². The topological polar surface area (TPSA) is 86.1 Å². The first-order valence-corrected chi connectivity index (χ1v) is 9.99. The van der Waals surface area contributed by atoms with Gasteiger partial charge in [-0.2, -0.15) is 0 Å². The summed E-state index contributed by atoms with van der Waals surface area (Å²) in [6.45, 7) is 4.94. The van der Waals surface area contributed by atoms with E-state index in [2.05, 4.69) is 15.6 Å². The number of amides is 1. The van der Waals surface area contributed by atoms with Gasteiger partial charge in [0.1, 0.15) is 0 Å². The van der Waals surface area contributed by atoms with Crippen LogP contribution in [-0.4, -0.2) is 39.5 Å². The summed E-state index contributed by atoms with van der Waals surface area (Å²) in [4.78, 5) is 24.1. The molecule has 1 atom stereocenters. The summed E-state index contributed by atoms with van der Waals surface area (Å²) >= 11 is 0. The van der Waals surface area contributed by atoms with Crippen molar-refractivity contribution in [3.63, 3.8) is 0 Å². The lowest BCUT2D eigenvalue weighted by Gasteiger charge is -2.20. The van der Waals surface area contributed by atoms with Crippen LogP contribution >= 0.6 is 0 Å². The van der Waals surface area contributed by atoms with Crippen LogP contribution in [0.3, 0.4) is 0 Å². The Balaban J connectivity index is 1.83. The van der Waals surface area contributed by atoms with Gasteiger partial charge >= 0.3 is 5.97 Å². The lowest BCUT2D eigenvalue weighted by atomic mass is 9.87. The first-order valence-electron chi connectivity index (χ1n) is 9.99. The highest BCUT2D eigenvalue weighted by atomic mass is 16.5. The molecule has 0 unspecified atom stereocenters. The van der Waals surface area contributed by atoms with Gasteiger partial charge in [0.25, 0.3) is 5.91 Å². The predicted molar refractivity (Wildman–Crippen MR) is 98.6 cm³/mol. The quantitative estimate of drug-likeness (QED) is 0.645. The van der Waals surface area contributed by atoms with E-state index in [1.807, 2.05) is 6.92 Å².